The fourth-order valence-electron chi connectivity index (χ4n) is 7.35. The third kappa shape index (κ3) is 51.5. The predicted octanol–water partition coefficient (Wildman–Crippen LogP) is 18.0. The van der Waals surface area contributed by atoms with Crippen molar-refractivity contribution in [1.29, 1.82) is 0 Å². The quantitative estimate of drug-likeness (QED) is 0.0374. The zero-order chi connectivity index (χ0) is 46.3. The Kier molecular flexibility index (Phi) is 51.5. The van der Waals surface area contributed by atoms with E-state index in [9.17, 15) is 14.7 Å². The first-order chi connectivity index (χ1) is 31.6. The number of rotatable bonds is 48. The molecule has 0 aliphatic heterocycles. The SMILES string of the molecule is CC/C=C\C/C=C\C/C=C\C/C=C\C/C=C\C/C=C\CCCCC(=O)OC(CO)COC(=O)CCCCCCCCCCCCCCCCCCC/C=C\C/C=C\CCCCCCC. The molecule has 0 aliphatic rings. The molecule has 0 aromatic rings. The number of hydrogen-bond acceptors (Lipinski definition) is 5. The molecule has 1 N–H and O–H groups in total. The van der Waals surface area contributed by atoms with Crippen molar-refractivity contribution < 1.29 is 24.2 Å². The second kappa shape index (κ2) is 54.2. The Morgan fingerprint density at radius 3 is 1.05 bits per heavy atom. The van der Waals surface area contributed by atoms with E-state index in [0.29, 0.717) is 12.8 Å². The molecule has 0 saturated heterocycles. The van der Waals surface area contributed by atoms with Crippen LogP contribution in [-0.2, 0) is 19.1 Å². The molecule has 64 heavy (non-hydrogen) atoms. The molecule has 0 aromatic heterocycles. The van der Waals surface area contributed by atoms with E-state index in [-0.39, 0.29) is 25.2 Å². The molecule has 0 amide bonds. The van der Waals surface area contributed by atoms with Gasteiger partial charge in [-0.2, -0.15) is 0 Å². The van der Waals surface area contributed by atoms with Gasteiger partial charge in [0.25, 0.3) is 0 Å². The van der Waals surface area contributed by atoms with E-state index in [1.54, 1.807) is 0 Å². The number of esters is 2. The number of unbranched alkanes of at least 4 members (excludes halogenated alkanes) is 24. The van der Waals surface area contributed by atoms with Gasteiger partial charge < -0.3 is 14.6 Å². The molecule has 0 radical (unpaired) electrons. The Labute approximate surface area is 396 Å². The van der Waals surface area contributed by atoms with Crippen LogP contribution in [0.1, 0.15) is 245 Å². The van der Waals surface area contributed by atoms with Crippen LogP contribution in [0.25, 0.3) is 0 Å². The Hall–Kier alpha value is -3.18. The molecule has 5 heteroatoms. The first-order valence-electron chi connectivity index (χ1n) is 26.8. The van der Waals surface area contributed by atoms with Crippen molar-refractivity contribution in [1.82, 2.24) is 0 Å². The minimum atomic E-state index is -0.801. The number of aliphatic hydroxyl groups excluding tert-OH is 1. The van der Waals surface area contributed by atoms with Crippen LogP contribution < -0.4 is 0 Å². The van der Waals surface area contributed by atoms with E-state index in [4.69, 9.17) is 9.47 Å². The topological polar surface area (TPSA) is 72.8 Å². The summed E-state index contributed by atoms with van der Waals surface area (Å²) in [6, 6.07) is 0. The smallest absolute Gasteiger partial charge is 0.306 e. The summed E-state index contributed by atoms with van der Waals surface area (Å²) >= 11 is 0. The minimum absolute atomic E-state index is 0.0874. The van der Waals surface area contributed by atoms with Crippen LogP contribution >= 0.6 is 0 Å². The minimum Gasteiger partial charge on any atom is -0.462 e. The normalized spacial score (nSPS) is 13.0. The van der Waals surface area contributed by atoms with Gasteiger partial charge >= 0.3 is 11.9 Å². The van der Waals surface area contributed by atoms with Crippen molar-refractivity contribution in [2.45, 2.75) is 251 Å². The number of carbonyl (C=O) groups excluding carboxylic acids is 2. The summed E-state index contributed by atoms with van der Waals surface area (Å²) in [4.78, 5) is 24.5. The van der Waals surface area contributed by atoms with E-state index < -0.39 is 6.10 Å². The van der Waals surface area contributed by atoms with Crippen molar-refractivity contribution in [3.05, 3.63) is 97.2 Å². The molecular formula is C59H100O5. The van der Waals surface area contributed by atoms with Crippen molar-refractivity contribution in [2.24, 2.45) is 0 Å². The standard InChI is InChI=1S/C59H100O5/c1-3-5-7-9-11-13-15-17-19-21-23-25-26-27-28-29-30-31-32-34-35-37-39-41-43-45-47-49-51-53-58(61)63-56-57(55-60)64-59(62)54-52-50-48-46-44-42-40-38-36-33-24-22-20-18-16-14-12-10-8-6-4-2/h6,8,12,14-15,17-18,20-21,23-24,33,38,40,44,46,57,60H,3-5,7,9-11,13,16,19,22,25-32,34-37,39,41-43,45,47-56H2,1-2H3/b8-6-,14-12-,17-15-,20-18-,23-21-,33-24-,40-38-,46-44-. The van der Waals surface area contributed by atoms with Gasteiger partial charge in [0.2, 0.25) is 0 Å². The first kappa shape index (κ1) is 60.8. The molecule has 0 spiro atoms. The predicted molar refractivity (Wildman–Crippen MR) is 279 cm³/mol. The molecule has 0 bridgehead atoms. The fourth-order valence-corrected chi connectivity index (χ4v) is 7.35. The lowest BCUT2D eigenvalue weighted by Gasteiger charge is -2.15. The molecular weight excluding hydrogens is 789 g/mol. The van der Waals surface area contributed by atoms with E-state index >= 15 is 0 Å². The number of allylic oxidation sites excluding steroid dienone is 16. The summed E-state index contributed by atoms with van der Waals surface area (Å²) in [5.41, 5.74) is 0. The summed E-state index contributed by atoms with van der Waals surface area (Å²) in [6.07, 6.45) is 76.6. The lowest BCUT2D eigenvalue weighted by atomic mass is 10.0. The van der Waals surface area contributed by atoms with Crippen molar-refractivity contribution in [3.8, 4) is 0 Å². The van der Waals surface area contributed by atoms with Gasteiger partial charge in [-0.15, -0.1) is 0 Å². The van der Waals surface area contributed by atoms with Crippen LogP contribution in [0.2, 0.25) is 0 Å². The summed E-state index contributed by atoms with van der Waals surface area (Å²) in [5.74, 6) is -0.641. The molecule has 1 atom stereocenters. The number of aliphatic hydroxyl groups is 1. The highest BCUT2D eigenvalue weighted by Gasteiger charge is 2.16. The van der Waals surface area contributed by atoms with Crippen LogP contribution in [0.3, 0.4) is 0 Å². The highest BCUT2D eigenvalue weighted by Crippen LogP contribution is 2.15. The molecule has 0 rings (SSSR count). The van der Waals surface area contributed by atoms with Crippen molar-refractivity contribution in [3.63, 3.8) is 0 Å². The number of ether oxygens (including phenoxy) is 2. The second-order valence-electron chi connectivity index (χ2n) is 17.6. The first-order valence-corrected chi connectivity index (χ1v) is 26.8. The average Bonchev–Trinajstić information content (AvgIpc) is 3.30. The third-order valence-corrected chi connectivity index (χ3v) is 11.4. The highest BCUT2D eigenvalue weighted by atomic mass is 16.6. The Bertz CT molecular complexity index is 1230. The summed E-state index contributed by atoms with van der Waals surface area (Å²) in [5, 5.41) is 9.63. The molecule has 0 aromatic carbocycles. The summed E-state index contributed by atoms with van der Waals surface area (Å²) < 4.78 is 10.7. The Balaban J connectivity index is 3.55. The lowest BCUT2D eigenvalue weighted by molar-refractivity contribution is -0.161. The Morgan fingerprint density at radius 1 is 0.375 bits per heavy atom. The maximum Gasteiger partial charge on any atom is 0.306 e. The molecule has 0 saturated carbocycles. The van der Waals surface area contributed by atoms with Crippen LogP contribution in [-0.4, -0.2) is 36.4 Å². The molecule has 0 aliphatic carbocycles. The van der Waals surface area contributed by atoms with Gasteiger partial charge in [-0.1, -0.05) is 233 Å². The van der Waals surface area contributed by atoms with Gasteiger partial charge in [0.1, 0.15) is 6.61 Å². The summed E-state index contributed by atoms with van der Waals surface area (Å²) in [6.45, 7) is 3.99. The van der Waals surface area contributed by atoms with E-state index in [1.165, 1.54) is 135 Å². The van der Waals surface area contributed by atoms with Gasteiger partial charge in [-0.05, 0) is 96.3 Å². The zero-order valence-electron chi connectivity index (χ0n) is 41.8. The third-order valence-electron chi connectivity index (χ3n) is 11.4. The van der Waals surface area contributed by atoms with Gasteiger partial charge in [0.15, 0.2) is 6.10 Å². The van der Waals surface area contributed by atoms with Gasteiger partial charge in [0.05, 0.1) is 6.61 Å². The second-order valence-corrected chi connectivity index (χ2v) is 17.6. The number of hydrogen-bond donors (Lipinski definition) is 1. The molecule has 366 valence electrons. The largest absolute Gasteiger partial charge is 0.462 e. The van der Waals surface area contributed by atoms with Crippen LogP contribution in [0, 0.1) is 0 Å². The van der Waals surface area contributed by atoms with Crippen LogP contribution in [0.15, 0.2) is 97.2 Å². The van der Waals surface area contributed by atoms with E-state index in [0.717, 1.165) is 83.5 Å². The fraction of sp³-hybridized carbons (Fsp3) is 0.695. The van der Waals surface area contributed by atoms with Gasteiger partial charge in [-0.3, -0.25) is 9.59 Å². The summed E-state index contributed by atoms with van der Waals surface area (Å²) in [7, 11) is 0. The number of carbonyl (C=O) groups is 2. The maximum atomic E-state index is 12.3. The van der Waals surface area contributed by atoms with E-state index in [2.05, 4.69) is 111 Å². The zero-order valence-corrected chi connectivity index (χ0v) is 41.8. The van der Waals surface area contributed by atoms with Crippen LogP contribution in [0.4, 0.5) is 0 Å². The van der Waals surface area contributed by atoms with Gasteiger partial charge in [-0.25, -0.2) is 0 Å². The molecule has 5 nitrogen and oxygen atoms in total. The van der Waals surface area contributed by atoms with Crippen LogP contribution in [0.5, 0.6) is 0 Å². The highest BCUT2D eigenvalue weighted by molar-refractivity contribution is 5.70. The maximum absolute atomic E-state index is 12.3. The van der Waals surface area contributed by atoms with Crippen molar-refractivity contribution in [2.75, 3.05) is 13.2 Å². The van der Waals surface area contributed by atoms with Gasteiger partial charge in [0, 0.05) is 12.8 Å². The van der Waals surface area contributed by atoms with E-state index in [1.807, 2.05) is 0 Å². The average molecular weight is 889 g/mol. The molecule has 0 heterocycles. The lowest BCUT2D eigenvalue weighted by Crippen LogP contribution is -2.28. The monoisotopic (exact) mass is 889 g/mol. The molecule has 0 fully saturated rings. The Morgan fingerprint density at radius 2 is 0.672 bits per heavy atom. The van der Waals surface area contributed by atoms with Crippen molar-refractivity contribution >= 4 is 11.9 Å². The molecule has 1 unspecified atom stereocenters.